The van der Waals surface area contributed by atoms with E-state index in [1.165, 1.54) is 13.0 Å². The summed E-state index contributed by atoms with van der Waals surface area (Å²) in [7, 11) is 0. The lowest BCUT2D eigenvalue weighted by atomic mass is 10.3. The molecule has 0 unspecified atom stereocenters. The van der Waals surface area contributed by atoms with Gasteiger partial charge in [0.15, 0.2) is 11.6 Å². The largest absolute Gasteiger partial charge is 0.424 e. The Morgan fingerprint density at radius 1 is 1.17 bits per heavy atom. The molecule has 5 N–H and O–H groups in total. The summed E-state index contributed by atoms with van der Waals surface area (Å²) in [5, 5.41) is 10.5. The van der Waals surface area contributed by atoms with Gasteiger partial charge in [0.05, 0.1) is 6.54 Å². The van der Waals surface area contributed by atoms with Gasteiger partial charge in [-0.25, -0.2) is 4.98 Å². The Balaban J connectivity index is 2.21. The van der Waals surface area contributed by atoms with Crippen molar-refractivity contribution in [1.82, 2.24) is 4.98 Å². The monoisotopic (exact) mass is 328 g/mol. The maximum absolute atomic E-state index is 11.2. The number of carbonyl (C=O) groups excluding carboxylic acids is 2. The molecule has 0 bridgehead atoms. The van der Waals surface area contributed by atoms with Gasteiger partial charge in [-0.15, -0.1) is 10.2 Å². The first-order valence-corrected chi connectivity index (χ1v) is 6.95. The van der Waals surface area contributed by atoms with E-state index in [0.29, 0.717) is 11.4 Å². The summed E-state index contributed by atoms with van der Waals surface area (Å²) >= 11 is 0. The van der Waals surface area contributed by atoms with E-state index in [1.807, 2.05) is 0 Å². The van der Waals surface area contributed by atoms with E-state index < -0.39 is 5.97 Å². The van der Waals surface area contributed by atoms with Gasteiger partial charge in [0.1, 0.15) is 17.2 Å². The van der Waals surface area contributed by atoms with Gasteiger partial charge in [0.2, 0.25) is 5.91 Å². The van der Waals surface area contributed by atoms with Crippen LogP contribution in [-0.4, -0.2) is 23.4 Å². The molecule has 9 nitrogen and oxygen atoms in total. The number of amides is 1. The number of rotatable bonds is 5. The molecular formula is C15H16N6O3. The average Bonchev–Trinajstić information content (AvgIpc) is 2.54. The number of nitrogen functional groups attached to an aromatic ring is 1. The summed E-state index contributed by atoms with van der Waals surface area (Å²) < 4.78 is 5.04. The molecule has 0 fully saturated rings. The van der Waals surface area contributed by atoms with E-state index in [-0.39, 0.29) is 29.8 Å². The summed E-state index contributed by atoms with van der Waals surface area (Å²) in [4.78, 5) is 26.3. The molecule has 0 aliphatic rings. The third-order valence-corrected chi connectivity index (χ3v) is 2.74. The van der Waals surface area contributed by atoms with Gasteiger partial charge < -0.3 is 21.5 Å². The molecule has 0 aliphatic carbocycles. The molecule has 1 amide bonds. The Morgan fingerprint density at radius 2 is 1.88 bits per heavy atom. The highest BCUT2D eigenvalue weighted by Gasteiger charge is 2.07. The van der Waals surface area contributed by atoms with Crippen LogP contribution >= 0.6 is 0 Å². The molecule has 0 saturated carbocycles. The first-order chi connectivity index (χ1) is 11.5. The second kappa shape index (κ2) is 7.79. The maximum atomic E-state index is 11.2. The van der Waals surface area contributed by atoms with Crippen LogP contribution in [0.1, 0.15) is 6.92 Å². The summed E-state index contributed by atoms with van der Waals surface area (Å²) in [5.41, 5.74) is 11.7. The van der Waals surface area contributed by atoms with Crippen molar-refractivity contribution >= 4 is 34.9 Å². The van der Waals surface area contributed by atoms with E-state index in [9.17, 15) is 9.59 Å². The van der Waals surface area contributed by atoms with Crippen molar-refractivity contribution in [3.63, 3.8) is 0 Å². The number of esters is 1. The van der Waals surface area contributed by atoms with Gasteiger partial charge in [0.25, 0.3) is 0 Å². The van der Waals surface area contributed by atoms with Crippen LogP contribution in [0.5, 0.6) is 5.75 Å². The van der Waals surface area contributed by atoms with Crippen LogP contribution in [0.3, 0.4) is 0 Å². The zero-order chi connectivity index (χ0) is 17.5. The Labute approximate surface area is 137 Å². The minimum absolute atomic E-state index is 0.0820. The molecule has 2 rings (SSSR count). The summed E-state index contributed by atoms with van der Waals surface area (Å²) in [5.74, 6) is -0.210. The lowest BCUT2D eigenvalue weighted by Crippen LogP contribution is -2.22. The van der Waals surface area contributed by atoms with Crippen LogP contribution in [0, 0.1) is 0 Å². The fraction of sp³-hybridized carbons (Fsp3) is 0.133. The number of para-hydroxylation sites is 1. The fourth-order valence-electron chi connectivity index (χ4n) is 1.70. The van der Waals surface area contributed by atoms with Gasteiger partial charge >= 0.3 is 5.97 Å². The Morgan fingerprint density at radius 3 is 2.54 bits per heavy atom. The molecule has 0 radical (unpaired) electrons. The zero-order valence-electron chi connectivity index (χ0n) is 12.9. The summed E-state index contributed by atoms with van der Waals surface area (Å²) in [6.07, 6.45) is 0. The minimum atomic E-state index is -0.459. The number of pyridine rings is 1. The van der Waals surface area contributed by atoms with Gasteiger partial charge in [-0.1, -0.05) is 12.1 Å². The standard InChI is InChI=1S/C15H16N6O3/c1-9(22)24-12-5-3-2-4-10(12)20-21-11-6-7-13(19-15(11)17)18-14(23)8-16/h2-7H,8,16H2,1H3,(H3,17,18,19,23). The number of ether oxygens (including phenoxy) is 1. The van der Waals surface area contributed by atoms with Crippen LogP contribution in [0.15, 0.2) is 46.6 Å². The van der Waals surface area contributed by atoms with E-state index in [4.69, 9.17) is 16.2 Å². The van der Waals surface area contributed by atoms with Crippen molar-refractivity contribution < 1.29 is 14.3 Å². The molecule has 1 aromatic carbocycles. The van der Waals surface area contributed by atoms with Crippen LogP contribution in [0.25, 0.3) is 0 Å². The Kier molecular flexibility index (Phi) is 5.53. The van der Waals surface area contributed by atoms with Gasteiger partial charge in [-0.2, -0.15) is 0 Å². The Bertz CT molecular complexity index is 791. The van der Waals surface area contributed by atoms with Crippen molar-refractivity contribution in [2.75, 3.05) is 17.6 Å². The van der Waals surface area contributed by atoms with Crippen LogP contribution in [0.2, 0.25) is 0 Å². The topological polar surface area (TPSA) is 145 Å². The molecule has 1 aromatic heterocycles. The van der Waals surface area contributed by atoms with Crippen molar-refractivity contribution in [2.45, 2.75) is 6.92 Å². The number of carbonyl (C=O) groups is 2. The predicted octanol–water partition coefficient (Wildman–Crippen LogP) is 1.90. The first kappa shape index (κ1) is 17.0. The van der Waals surface area contributed by atoms with Crippen LogP contribution < -0.4 is 21.5 Å². The normalized spacial score (nSPS) is 10.6. The molecule has 124 valence electrons. The highest BCUT2D eigenvalue weighted by atomic mass is 16.5. The molecule has 0 atom stereocenters. The number of hydrogen-bond donors (Lipinski definition) is 3. The molecule has 0 spiro atoms. The lowest BCUT2D eigenvalue weighted by Gasteiger charge is -2.05. The van der Waals surface area contributed by atoms with Crippen LogP contribution in [-0.2, 0) is 9.59 Å². The van der Waals surface area contributed by atoms with E-state index in [1.54, 1.807) is 30.3 Å². The third-order valence-electron chi connectivity index (χ3n) is 2.74. The quantitative estimate of drug-likeness (QED) is 0.434. The molecule has 24 heavy (non-hydrogen) atoms. The minimum Gasteiger partial charge on any atom is -0.424 e. The first-order valence-electron chi connectivity index (χ1n) is 6.95. The fourth-order valence-corrected chi connectivity index (χ4v) is 1.70. The summed E-state index contributed by atoms with van der Waals surface area (Å²) in [6, 6.07) is 9.75. The van der Waals surface area contributed by atoms with Gasteiger partial charge in [-0.05, 0) is 24.3 Å². The lowest BCUT2D eigenvalue weighted by molar-refractivity contribution is -0.131. The predicted molar refractivity (Wildman–Crippen MR) is 88.3 cm³/mol. The van der Waals surface area contributed by atoms with Crippen LogP contribution in [0.4, 0.5) is 23.0 Å². The molecule has 0 aliphatic heterocycles. The number of hydrogen-bond acceptors (Lipinski definition) is 8. The van der Waals surface area contributed by atoms with Crippen molar-refractivity contribution in [3.8, 4) is 5.75 Å². The van der Waals surface area contributed by atoms with E-state index >= 15 is 0 Å². The van der Waals surface area contributed by atoms with Gasteiger partial charge in [0, 0.05) is 6.92 Å². The second-order valence-electron chi connectivity index (χ2n) is 4.61. The summed E-state index contributed by atoms with van der Waals surface area (Å²) in [6.45, 7) is 1.14. The number of nitrogens with one attached hydrogen (secondary N) is 1. The van der Waals surface area contributed by atoms with E-state index in [2.05, 4.69) is 20.5 Å². The van der Waals surface area contributed by atoms with Gasteiger partial charge in [-0.3, -0.25) is 9.59 Å². The van der Waals surface area contributed by atoms with E-state index in [0.717, 1.165) is 0 Å². The van der Waals surface area contributed by atoms with Crippen molar-refractivity contribution in [1.29, 1.82) is 0 Å². The molecule has 1 heterocycles. The number of anilines is 2. The maximum Gasteiger partial charge on any atom is 0.308 e. The highest BCUT2D eigenvalue weighted by Crippen LogP contribution is 2.30. The smallest absolute Gasteiger partial charge is 0.308 e. The molecular weight excluding hydrogens is 312 g/mol. The average molecular weight is 328 g/mol. The third kappa shape index (κ3) is 4.58. The zero-order valence-corrected chi connectivity index (χ0v) is 12.9. The number of nitrogens with two attached hydrogens (primary N) is 2. The number of aromatic nitrogens is 1. The Hall–Kier alpha value is -3.33. The number of benzene rings is 1. The molecule has 9 heteroatoms. The second-order valence-corrected chi connectivity index (χ2v) is 4.61. The number of azo groups is 1. The molecule has 2 aromatic rings. The highest BCUT2D eigenvalue weighted by molar-refractivity contribution is 5.91. The molecule has 0 saturated heterocycles. The number of nitrogens with zero attached hydrogens (tertiary/aromatic N) is 3. The van der Waals surface area contributed by atoms with Crippen molar-refractivity contribution in [3.05, 3.63) is 36.4 Å². The SMILES string of the molecule is CC(=O)Oc1ccccc1N=Nc1ccc(NC(=O)CN)nc1N. The van der Waals surface area contributed by atoms with Crippen molar-refractivity contribution in [2.24, 2.45) is 16.0 Å².